The van der Waals surface area contributed by atoms with Crippen molar-refractivity contribution in [2.24, 2.45) is 0 Å². The van der Waals surface area contributed by atoms with Gasteiger partial charge < -0.3 is 0 Å². The van der Waals surface area contributed by atoms with Crippen LogP contribution < -0.4 is 0 Å². The first kappa shape index (κ1) is 14.1. The van der Waals surface area contributed by atoms with Gasteiger partial charge in [0.15, 0.2) is 0 Å². The second-order valence-electron chi connectivity index (χ2n) is 4.20. The zero-order valence-corrected chi connectivity index (χ0v) is 14.4. The maximum absolute atomic E-state index is 2.83. The summed E-state index contributed by atoms with van der Waals surface area (Å²) in [5.74, 6) is 0. The SMILES string of the molecule is C1CC[N]([Nd][N]2CCCCC2)CC1.I. The van der Waals surface area contributed by atoms with Gasteiger partial charge in [-0.25, -0.2) is 0 Å². The summed E-state index contributed by atoms with van der Waals surface area (Å²) < 4.78 is 5.66. The Bertz CT molecular complexity index is 129. The number of rotatable bonds is 2. The molecule has 14 heavy (non-hydrogen) atoms. The van der Waals surface area contributed by atoms with Crippen LogP contribution in [0, 0.1) is 37.5 Å². The summed E-state index contributed by atoms with van der Waals surface area (Å²) in [4.78, 5) is 0. The maximum atomic E-state index is 2.83. The Labute approximate surface area is 126 Å². The Balaban J connectivity index is 0.000000980. The molecule has 2 heterocycles. The van der Waals surface area contributed by atoms with Crippen LogP contribution in [-0.4, -0.2) is 28.1 Å². The standard InChI is InChI=1S/2C5H10N.HI.Nd/c2*1-2-4-6-5-3-1;;/h2*1-5H2;1H;/q2*-1;;+2. The molecule has 2 aliphatic rings. The number of hydrogen-bond donors (Lipinski definition) is 0. The summed E-state index contributed by atoms with van der Waals surface area (Å²) in [5, 5.41) is 0. The molecule has 0 amide bonds. The van der Waals surface area contributed by atoms with Gasteiger partial charge in [-0.2, -0.15) is 0 Å². The van der Waals surface area contributed by atoms with Crippen molar-refractivity contribution in [1.29, 1.82) is 0 Å². The van der Waals surface area contributed by atoms with E-state index in [0.717, 1.165) is 0 Å². The minimum Gasteiger partial charge on any atom is -0.107 e. The van der Waals surface area contributed by atoms with Crippen LogP contribution >= 0.6 is 24.0 Å². The fourth-order valence-electron chi connectivity index (χ4n) is 2.19. The van der Waals surface area contributed by atoms with Crippen molar-refractivity contribution in [3.63, 3.8) is 0 Å². The van der Waals surface area contributed by atoms with E-state index >= 15 is 0 Å². The van der Waals surface area contributed by atoms with Crippen LogP contribution in [0.2, 0.25) is 0 Å². The molecule has 0 aromatic rings. The van der Waals surface area contributed by atoms with Gasteiger partial charge in [0.1, 0.15) is 0 Å². The molecule has 0 aromatic heterocycles. The Morgan fingerprint density at radius 1 is 0.571 bits per heavy atom. The van der Waals surface area contributed by atoms with Crippen molar-refractivity contribution in [3.05, 3.63) is 0 Å². The van der Waals surface area contributed by atoms with Gasteiger partial charge in [0, 0.05) is 0 Å². The van der Waals surface area contributed by atoms with E-state index in [4.69, 9.17) is 0 Å². The van der Waals surface area contributed by atoms with Gasteiger partial charge in [-0.1, -0.05) is 0 Å². The van der Waals surface area contributed by atoms with E-state index in [1.54, 1.807) is 0 Å². The molecule has 0 N–H and O–H groups in total. The summed E-state index contributed by atoms with van der Waals surface area (Å²) in [6.07, 6.45) is 8.86. The molecule has 0 saturated carbocycles. The summed E-state index contributed by atoms with van der Waals surface area (Å²) in [7, 11) is 0. The third-order valence-corrected chi connectivity index (χ3v) is 7.68. The average molecular weight is 440 g/mol. The van der Waals surface area contributed by atoms with Crippen LogP contribution in [0.5, 0.6) is 0 Å². The van der Waals surface area contributed by atoms with Crippen molar-refractivity contribution < 1.29 is 37.5 Å². The molecular weight excluding hydrogens is 419 g/mol. The largest absolute Gasteiger partial charge is 0.107 e. The van der Waals surface area contributed by atoms with Gasteiger partial charge >= 0.3 is 104 Å². The van der Waals surface area contributed by atoms with Crippen molar-refractivity contribution in [2.45, 2.75) is 38.5 Å². The minimum atomic E-state index is -0.519. The van der Waals surface area contributed by atoms with Crippen LogP contribution in [-0.2, 0) is 0 Å². The van der Waals surface area contributed by atoms with Gasteiger partial charge in [0.05, 0.1) is 0 Å². The van der Waals surface area contributed by atoms with Crippen molar-refractivity contribution in [1.82, 2.24) is 1.97 Å². The number of halogens is 1. The van der Waals surface area contributed by atoms with Gasteiger partial charge in [-0.3, -0.25) is 0 Å². The molecule has 0 unspecified atom stereocenters. The first-order chi connectivity index (χ1) is 6.45. The minimum absolute atomic E-state index is 0. The van der Waals surface area contributed by atoms with E-state index in [2.05, 4.69) is 1.97 Å². The van der Waals surface area contributed by atoms with Gasteiger partial charge in [-0.05, 0) is 0 Å². The van der Waals surface area contributed by atoms with E-state index in [0.29, 0.717) is 0 Å². The van der Waals surface area contributed by atoms with Crippen LogP contribution in [0.4, 0.5) is 0 Å². The molecule has 0 radical (unpaired) electrons. The Hall–Kier alpha value is 2.00. The average Bonchev–Trinajstić information content (AvgIpc) is 2.21. The van der Waals surface area contributed by atoms with Crippen molar-refractivity contribution in [3.8, 4) is 0 Å². The monoisotopic (exact) mass is 438 g/mol. The van der Waals surface area contributed by atoms with Crippen LogP contribution in [0.3, 0.4) is 0 Å². The van der Waals surface area contributed by atoms with Crippen LogP contribution in [0.1, 0.15) is 38.5 Å². The molecule has 0 aliphatic carbocycles. The topological polar surface area (TPSA) is 6.48 Å². The van der Waals surface area contributed by atoms with Crippen molar-refractivity contribution in [2.75, 3.05) is 26.2 Å². The normalized spacial score (nSPS) is 25.4. The molecule has 2 aliphatic heterocycles. The zero-order valence-electron chi connectivity index (χ0n) is 8.87. The fraction of sp³-hybridized carbons (Fsp3) is 1.00. The molecule has 2 saturated heterocycles. The number of nitrogens with zero attached hydrogens (tertiary/aromatic N) is 2. The molecular formula is C10H21IN2Nd. The quantitative estimate of drug-likeness (QED) is 0.609. The van der Waals surface area contributed by atoms with Gasteiger partial charge in [0.2, 0.25) is 0 Å². The van der Waals surface area contributed by atoms with E-state index in [9.17, 15) is 0 Å². The number of hydrogen-bond acceptors (Lipinski definition) is 2. The van der Waals surface area contributed by atoms with Crippen LogP contribution in [0.15, 0.2) is 0 Å². The van der Waals surface area contributed by atoms with E-state index < -0.39 is 37.5 Å². The molecule has 2 rings (SSSR count). The second kappa shape index (κ2) is 8.14. The Morgan fingerprint density at radius 3 is 1.29 bits per heavy atom. The molecule has 0 aromatic carbocycles. The van der Waals surface area contributed by atoms with Gasteiger partial charge in [0.25, 0.3) is 0 Å². The molecule has 4 heteroatoms. The first-order valence-electron chi connectivity index (χ1n) is 5.71. The summed E-state index contributed by atoms with van der Waals surface area (Å²) in [6.45, 7) is 5.72. The molecule has 2 fully saturated rings. The third kappa shape index (κ3) is 4.89. The van der Waals surface area contributed by atoms with Crippen LogP contribution in [0.25, 0.3) is 0 Å². The van der Waals surface area contributed by atoms with Gasteiger partial charge in [-0.15, -0.1) is 24.0 Å². The second-order valence-corrected chi connectivity index (χ2v) is 8.89. The predicted molar refractivity (Wildman–Crippen MR) is 66.3 cm³/mol. The fourth-order valence-corrected chi connectivity index (χ4v) is 6.78. The Kier molecular flexibility index (Phi) is 8.18. The predicted octanol–water partition coefficient (Wildman–Crippen LogP) is 2.49. The Morgan fingerprint density at radius 2 is 0.929 bits per heavy atom. The first-order valence-corrected chi connectivity index (χ1v) is 8.58. The smallest absolute Gasteiger partial charge is 0.107 e. The zero-order chi connectivity index (χ0) is 8.93. The van der Waals surface area contributed by atoms with E-state index in [1.165, 1.54) is 64.7 Å². The number of piperidine rings is 2. The van der Waals surface area contributed by atoms with Crippen molar-refractivity contribution >= 4 is 24.0 Å². The summed E-state index contributed by atoms with van der Waals surface area (Å²) in [6, 6.07) is 0. The molecule has 0 bridgehead atoms. The third-order valence-electron chi connectivity index (χ3n) is 2.99. The maximum Gasteiger partial charge on any atom is -0.107 e. The molecule has 82 valence electrons. The summed E-state index contributed by atoms with van der Waals surface area (Å²) in [5.41, 5.74) is 0. The van der Waals surface area contributed by atoms with E-state index in [1.807, 2.05) is 0 Å². The molecule has 0 spiro atoms. The molecule has 0 atom stereocenters. The van der Waals surface area contributed by atoms with E-state index in [-0.39, 0.29) is 24.0 Å². The molecule has 2 nitrogen and oxygen atoms in total. The summed E-state index contributed by atoms with van der Waals surface area (Å²) >= 11 is -0.519.